The van der Waals surface area contributed by atoms with E-state index in [2.05, 4.69) is 4.74 Å². The van der Waals surface area contributed by atoms with Gasteiger partial charge in [-0.05, 0) is 50.2 Å². The highest BCUT2D eigenvalue weighted by molar-refractivity contribution is 7.92. The first-order chi connectivity index (χ1) is 13.1. The summed E-state index contributed by atoms with van der Waals surface area (Å²) in [5, 5.41) is 0. The maximum Gasteiger partial charge on any atom is 0.337 e. The van der Waals surface area contributed by atoms with Gasteiger partial charge in [0.2, 0.25) is 15.9 Å². The number of esters is 1. The van der Waals surface area contributed by atoms with E-state index in [4.69, 9.17) is 0 Å². The molecule has 0 spiro atoms. The predicted octanol–water partition coefficient (Wildman–Crippen LogP) is 2.68. The van der Waals surface area contributed by atoms with Gasteiger partial charge in [0.05, 0.1) is 24.6 Å². The number of hydrogen-bond donors (Lipinski definition) is 0. The molecule has 0 fully saturated rings. The lowest BCUT2D eigenvalue weighted by molar-refractivity contribution is -0.117. The number of benzene rings is 2. The van der Waals surface area contributed by atoms with Crippen LogP contribution in [0.2, 0.25) is 0 Å². The number of carbonyl (C=O) groups is 2. The number of sulfonamides is 1. The zero-order valence-electron chi connectivity index (χ0n) is 16.3. The maximum atomic E-state index is 13.0. The maximum absolute atomic E-state index is 13.0. The smallest absolute Gasteiger partial charge is 0.337 e. The van der Waals surface area contributed by atoms with Crippen LogP contribution in [-0.4, -0.2) is 46.2 Å². The van der Waals surface area contributed by atoms with Crippen LogP contribution in [0.25, 0.3) is 0 Å². The average molecular weight is 404 g/mol. The fourth-order valence-electron chi connectivity index (χ4n) is 2.80. The molecule has 28 heavy (non-hydrogen) atoms. The van der Waals surface area contributed by atoms with E-state index in [0.29, 0.717) is 16.9 Å². The molecule has 0 N–H and O–H groups in total. The molecule has 0 radical (unpaired) electrons. The van der Waals surface area contributed by atoms with Gasteiger partial charge in [-0.3, -0.25) is 9.10 Å². The van der Waals surface area contributed by atoms with Crippen molar-refractivity contribution < 1.29 is 22.7 Å². The summed E-state index contributed by atoms with van der Waals surface area (Å²) in [5.74, 6) is -0.882. The van der Waals surface area contributed by atoms with Gasteiger partial charge in [-0.1, -0.05) is 18.2 Å². The molecule has 0 bridgehead atoms. The summed E-state index contributed by atoms with van der Waals surface area (Å²) in [5.41, 5.74) is 1.27. The third kappa shape index (κ3) is 5.10. The Bertz CT molecular complexity index is 925. The molecule has 0 aliphatic carbocycles. The quantitative estimate of drug-likeness (QED) is 0.663. The molecule has 2 rings (SSSR count). The number of rotatable bonds is 7. The zero-order chi connectivity index (χ0) is 20.9. The number of ether oxygens (including phenoxy) is 1. The first-order valence-corrected chi connectivity index (χ1v) is 10.5. The minimum Gasteiger partial charge on any atom is -0.465 e. The summed E-state index contributed by atoms with van der Waals surface area (Å²) in [6.07, 6.45) is 1.04. The third-order valence-electron chi connectivity index (χ3n) is 4.08. The number of carbonyl (C=O) groups excluding carboxylic acids is 2. The number of hydrogen-bond acceptors (Lipinski definition) is 5. The molecule has 0 heterocycles. The highest BCUT2D eigenvalue weighted by atomic mass is 32.2. The number of nitrogens with zero attached hydrogens (tertiary/aromatic N) is 2. The second-order valence-corrected chi connectivity index (χ2v) is 8.41. The predicted molar refractivity (Wildman–Crippen MR) is 109 cm³/mol. The molecule has 0 saturated heterocycles. The molecule has 2 aromatic carbocycles. The van der Waals surface area contributed by atoms with E-state index in [1.165, 1.54) is 31.4 Å². The zero-order valence-corrected chi connectivity index (χ0v) is 17.1. The summed E-state index contributed by atoms with van der Waals surface area (Å²) in [6.45, 7) is 3.37. The van der Waals surface area contributed by atoms with E-state index in [1.54, 1.807) is 17.0 Å². The van der Waals surface area contributed by atoms with Crippen molar-refractivity contribution in [2.45, 2.75) is 19.9 Å². The number of anilines is 2. The molecule has 0 saturated carbocycles. The van der Waals surface area contributed by atoms with E-state index >= 15 is 0 Å². The molecule has 0 atom stereocenters. The Kier molecular flexibility index (Phi) is 6.80. The van der Waals surface area contributed by atoms with Crippen LogP contribution in [0.4, 0.5) is 11.4 Å². The van der Waals surface area contributed by atoms with Gasteiger partial charge in [0.15, 0.2) is 0 Å². The van der Waals surface area contributed by atoms with Crippen LogP contribution in [0, 0.1) is 0 Å². The van der Waals surface area contributed by atoms with Gasteiger partial charge >= 0.3 is 5.97 Å². The van der Waals surface area contributed by atoms with Crippen LogP contribution in [0.1, 0.15) is 24.2 Å². The molecule has 0 unspecified atom stereocenters. The molecule has 0 aliphatic rings. The van der Waals surface area contributed by atoms with Gasteiger partial charge in [-0.25, -0.2) is 13.2 Å². The highest BCUT2D eigenvalue weighted by Crippen LogP contribution is 2.22. The van der Waals surface area contributed by atoms with E-state index in [0.717, 1.165) is 10.6 Å². The summed E-state index contributed by atoms with van der Waals surface area (Å²) < 4.78 is 30.3. The van der Waals surface area contributed by atoms with Crippen LogP contribution in [0.3, 0.4) is 0 Å². The Morgan fingerprint density at radius 3 is 2.00 bits per heavy atom. The van der Waals surface area contributed by atoms with Crippen molar-refractivity contribution in [3.63, 3.8) is 0 Å². The fraction of sp³-hybridized carbons (Fsp3) is 0.300. The minimum absolute atomic E-state index is 0.155. The van der Waals surface area contributed by atoms with Crippen LogP contribution in [-0.2, 0) is 19.6 Å². The van der Waals surface area contributed by atoms with E-state index in [9.17, 15) is 18.0 Å². The second kappa shape index (κ2) is 8.88. The van der Waals surface area contributed by atoms with Crippen molar-refractivity contribution in [3.8, 4) is 0 Å². The Labute approximate surface area is 165 Å². The molecule has 1 amide bonds. The third-order valence-corrected chi connectivity index (χ3v) is 5.22. The van der Waals surface area contributed by atoms with Crippen molar-refractivity contribution in [1.29, 1.82) is 0 Å². The Hall–Kier alpha value is -2.87. The van der Waals surface area contributed by atoms with Gasteiger partial charge in [-0.15, -0.1) is 0 Å². The van der Waals surface area contributed by atoms with Gasteiger partial charge in [-0.2, -0.15) is 0 Å². The summed E-state index contributed by atoms with van der Waals surface area (Å²) >= 11 is 0. The van der Waals surface area contributed by atoms with Crippen molar-refractivity contribution in [2.24, 2.45) is 0 Å². The molecule has 7 nitrogen and oxygen atoms in total. The lowest BCUT2D eigenvalue weighted by Crippen LogP contribution is -2.45. The number of amides is 1. The van der Waals surface area contributed by atoms with Gasteiger partial charge in [0.1, 0.15) is 6.54 Å². The summed E-state index contributed by atoms with van der Waals surface area (Å²) in [4.78, 5) is 26.1. The average Bonchev–Trinajstić information content (AvgIpc) is 2.65. The van der Waals surface area contributed by atoms with E-state index < -0.39 is 16.0 Å². The first kappa shape index (κ1) is 21.4. The van der Waals surface area contributed by atoms with Crippen LogP contribution in [0.15, 0.2) is 54.6 Å². The van der Waals surface area contributed by atoms with Crippen molar-refractivity contribution in [2.75, 3.05) is 29.1 Å². The lowest BCUT2D eigenvalue weighted by atomic mass is 10.2. The molecule has 0 aliphatic heterocycles. The molecule has 0 aromatic heterocycles. The van der Waals surface area contributed by atoms with E-state index in [1.807, 2.05) is 32.0 Å². The number of methoxy groups -OCH3 is 1. The normalized spacial score (nSPS) is 11.2. The second-order valence-electron chi connectivity index (χ2n) is 6.50. The van der Waals surface area contributed by atoms with E-state index in [-0.39, 0.29) is 18.5 Å². The highest BCUT2D eigenvalue weighted by Gasteiger charge is 2.26. The first-order valence-electron chi connectivity index (χ1n) is 8.68. The molecule has 150 valence electrons. The lowest BCUT2D eigenvalue weighted by Gasteiger charge is -2.30. The van der Waals surface area contributed by atoms with Crippen molar-refractivity contribution >= 4 is 33.3 Å². The largest absolute Gasteiger partial charge is 0.465 e. The van der Waals surface area contributed by atoms with Crippen LogP contribution in [0.5, 0.6) is 0 Å². The summed E-state index contributed by atoms with van der Waals surface area (Å²) in [7, 11) is -2.46. The molecular formula is C20H24N2O5S. The number of para-hydroxylation sites is 1. The summed E-state index contributed by atoms with van der Waals surface area (Å²) in [6, 6.07) is 14.8. The molecule has 8 heteroatoms. The van der Waals surface area contributed by atoms with Crippen LogP contribution >= 0.6 is 0 Å². The minimum atomic E-state index is -3.72. The Balaban J connectivity index is 2.34. The SMILES string of the molecule is COC(=O)c1ccc(N(CC(=O)N(c2ccccc2)C(C)C)S(C)(=O)=O)cc1. The monoisotopic (exact) mass is 404 g/mol. The fourth-order valence-corrected chi connectivity index (χ4v) is 3.65. The van der Waals surface area contributed by atoms with Gasteiger partial charge < -0.3 is 9.64 Å². The topological polar surface area (TPSA) is 84.0 Å². The molecule has 2 aromatic rings. The van der Waals surface area contributed by atoms with Crippen molar-refractivity contribution in [1.82, 2.24) is 0 Å². The van der Waals surface area contributed by atoms with Gasteiger partial charge in [0, 0.05) is 11.7 Å². The molecular weight excluding hydrogens is 380 g/mol. The Morgan fingerprint density at radius 1 is 0.964 bits per heavy atom. The Morgan fingerprint density at radius 2 is 1.54 bits per heavy atom. The van der Waals surface area contributed by atoms with Crippen molar-refractivity contribution in [3.05, 3.63) is 60.2 Å². The van der Waals surface area contributed by atoms with Gasteiger partial charge in [0.25, 0.3) is 0 Å². The standard InChI is InChI=1S/C20H24N2O5S/c1-15(2)22(18-8-6-5-7-9-18)19(23)14-21(28(4,25)26)17-12-10-16(11-13-17)20(24)27-3/h5-13,15H,14H2,1-4H3. The van der Waals surface area contributed by atoms with Crippen LogP contribution < -0.4 is 9.21 Å².